The Morgan fingerprint density at radius 3 is 2.70 bits per heavy atom. The van der Waals surface area contributed by atoms with Crippen LogP contribution in [0.3, 0.4) is 0 Å². The number of hydrogen-bond acceptors (Lipinski definition) is 3. The first-order valence-electron chi connectivity index (χ1n) is 7.74. The number of carbonyl (C=O) groups excluding carboxylic acids is 2. The number of carbonyl (C=O) groups is 2. The van der Waals surface area contributed by atoms with Crippen molar-refractivity contribution in [1.29, 1.82) is 0 Å². The topological polar surface area (TPSA) is 58.6 Å². The molecule has 0 bridgehead atoms. The van der Waals surface area contributed by atoms with E-state index in [9.17, 15) is 9.59 Å². The molecule has 1 atom stereocenters. The number of aryl methyl sites for hydroxylation is 1. The van der Waals surface area contributed by atoms with E-state index in [1.165, 1.54) is 10.5 Å². The van der Waals surface area contributed by atoms with Crippen molar-refractivity contribution in [1.82, 2.24) is 10.2 Å². The molecule has 5 nitrogen and oxygen atoms in total. The van der Waals surface area contributed by atoms with Gasteiger partial charge in [0.2, 0.25) is 5.91 Å². The molecule has 23 heavy (non-hydrogen) atoms. The van der Waals surface area contributed by atoms with Crippen molar-refractivity contribution in [3.63, 3.8) is 0 Å². The van der Waals surface area contributed by atoms with Crippen molar-refractivity contribution in [2.45, 2.75) is 45.8 Å². The molecule has 1 fully saturated rings. The maximum atomic E-state index is 12.2. The van der Waals surface area contributed by atoms with Crippen LogP contribution in [0.1, 0.15) is 44.9 Å². The summed E-state index contributed by atoms with van der Waals surface area (Å²) in [6.45, 7) is 7.95. The normalized spacial score (nSPS) is 18.6. The summed E-state index contributed by atoms with van der Waals surface area (Å²) < 4.78 is 6.34. The van der Waals surface area contributed by atoms with Gasteiger partial charge in [0.05, 0.1) is 6.04 Å². The third-order valence-corrected chi connectivity index (χ3v) is 3.97. The molecule has 0 spiro atoms. The van der Waals surface area contributed by atoms with E-state index >= 15 is 0 Å². The summed E-state index contributed by atoms with van der Waals surface area (Å²) in [5, 5.41) is 2.95. The Morgan fingerprint density at radius 2 is 2.09 bits per heavy atom. The molecule has 1 saturated heterocycles. The minimum absolute atomic E-state index is 0.0278. The summed E-state index contributed by atoms with van der Waals surface area (Å²) in [5.41, 5.74) is 1.59. The van der Waals surface area contributed by atoms with E-state index in [2.05, 4.69) is 40.3 Å². The zero-order valence-corrected chi connectivity index (χ0v) is 15.6. The number of hydrogen-bond donors (Lipinski definition) is 1. The van der Waals surface area contributed by atoms with Crippen LogP contribution in [0.25, 0.3) is 0 Å². The Hall–Kier alpha value is -1.56. The second kappa shape index (κ2) is 6.91. The van der Waals surface area contributed by atoms with Crippen LogP contribution in [0.4, 0.5) is 4.79 Å². The zero-order chi connectivity index (χ0) is 17.2. The number of nitrogens with one attached hydrogen (secondary N) is 1. The van der Waals surface area contributed by atoms with Crippen LogP contribution >= 0.6 is 15.9 Å². The molecule has 126 valence electrons. The first kappa shape index (κ1) is 17.8. The van der Waals surface area contributed by atoms with Gasteiger partial charge in [-0.1, -0.05) is 28.9 Å². The molecule has 2 rings (SSSR count). The van der Waals surface area contributed by atoms with Gasteiger partial charge in [0, 0.05) is 11.0 Å². The fourth-order valence-electron chi connectivity index (χ4n) is 2.48. The van der Waals surface area contributed by atoms with Crippen LogP contribution in [0.5, 0.6) is 0 Å². The third-order valence-electron chi connectivity index (χ3n) is 3.51. The van der Waals surface area contributed by atoms with Gasteiger partial charge in [0.15, 0.2) is 0 Å². The number of piperazine rings is 1. The molecule has 1 heterocycles. The van der Waals surface area contributed by atoms with Gasteiger partial charge in [-0.15, -0.1) is 0 Å². The predicted octanol–water partition coefficient (Wildman–Crippen LogP) is 3.42. The standard InChI is InChI=1S/C17H23BrN2O3/c1-5-11-6-12(8-13(18)7-11)14-9-20(10-15(21)19-14)16(22)23-17(2,3)4/h6-8,14H,5,9-10H2,1-4H3,(H,19,21). The fourth-order valence-corrected chi connectivity index (χ4v) is 3.04. The number of nitrogens with zero attached hydrogens (tertiary/aromatic N) is 1. The maximum Gasteiger partial charge on any atom is 0.410 e. The molecule has 0 aromatic heterocycles. The predicted molar refractivity (Wildman–Crippen MR) is 92.2 cm³/mol. The van der Waals surface area contributed by atoms with Crippen LogP contribution in [-0.2, 0) is 16.0 Å². The number of rotatable bonds is 2. The van der Waals surface area contributed by atoms with Crippen LogP contribution < -0.4 is 5.32 Å². The second-order valence-corrected chi connectivity index (χ2v) is 7.64. The first-order chi connectivity index (χ1) is 10.7. The van der Waals surface area contributed by atoms with Gasteiger partial charge in [-0.05, 0) is 50.5 Å². The highest BCUT2D eigenvalue weighted by molar-refractivity contribution is 9.10. The van der Waals surface area contributed by atoms with Gasteiger partial charge < -0.3 is 10.1 Å². The third kappa shape index (κ3) is 4.96. The summed E-state index contributed by atoms with van der Waals surface area (Å²) in [5.74, 6) is -0.176. The molecule has 1 N–H and O–H groups in total. The summed E-state index contributed by atoms with van der Waals surface area (Å²) in [7, 11) is 0. The largest absolute Gasteiger partial charge is 0.444 e. The molecule has 1 unspecified atom stereocenters. The van der Waals surface area contributed by atoms with E-state index in [1.807, 2.05) is 26.8 Å². The zero-order valence-electron chi connectivity index (χ0n) is 14.0. The van der Waals surface area contributed by atoms with Crippen molar-refractivity contribution in [2.75, 3.05) is 13.1 Å². The monoisotopic (exact) mass is 382 g/mol. The minimum atomic E-state index is -0.578. The lowest BCUT2D eigenvalue weighted by Crippen LogP contribution is -2.52. The van der Waals surface area contributed by atoms with E-state index in [0.717, 1.165) is 16.5 Å². The number of benzene rings is 1. The Balaban J connectivity index is 2.19. The number of halogens is 1. The highest BCUT2D eigenvalue weighted by Crippen LogP contribution is 2.24. The lowest BCUT2D eigenvalue weighted by molar-refractivity contribution is -0.125. The van der Waals surface area contributed by atoms with Gasteiger partial charge in [-0.2, -0.15) is 0 Å². The van der Waals surface area contributed by atoms with E-state index in [4.69, 9.17) is 4.74 Å². The van der Waals surface area contributed by atoms with Crippen molar-refractivity contribution < 1.29 is 14.3 Å². The van der Waals surface area contributed by atoms with E-state index in [-0.39, 0.29) is 18.5 Å². The molecule has 0 aliphatic carbocycles. The van der Waals surface area contributed by atoms with Crippen LogP contribution in [-0.4, -0.2) is 35.6 Å². The second-order valence-electron chi connectivity index (χ2n) is 6.73. The Bertz CT molecular complexity index is 610. The van der Waals surface area contributed by atoms with E-state index in [1.54, 1.807) is 0 Å². The van der Waals surface area contributed by atoms with Gasteiger partial charge in [-0.3, -0.25) is 9.69 Å². The van der Waals surface area contributed by atoms with Crippen molar-refractivity contribution in [3.8, 4) is 0 Å². The molecule has 1 aliphatic rings. The highest BCUT2D eigenvalue weighted by atomic mass is 79.9. The summed E-state index contributed by atoms with van der Waals surface area (Å²) in [6, 6.07) is 5.86. The SMILES string of the molecule is CCc1cc(Br)cc(C2CN(C(=O)OC(C)(C)C)CC(=O)N2)c1. The number of ether oxygens (including phenoxy) is 1. The Labute approximate surface area is 145 Å². The summed E-state index contributed by atoms with van der Waals surface area (Å²) >= 11 is 3.50. The lowest BCUT2D eigenvalue weighted by Gasteiger charge is -2.34. The molecule has 1 aliphatic heterocycles. The molecule has 6 heteroatoms. The number of amides is 2. The summed E-state index contributed by atoms with van der Waals surface area (Å²) in [4.78, 5) is 25.7. The highest BCUT2D eigenvalue weighted by Gasteiger charge is 2.31. The molecule has 0 saturated carbocycles. The van der Waals surface area contributed by atoms with Crippen LogP contribution in [0, 0.1) is 0 Å². The average molecular weight is 383 g/mol. The molecular formula is C17H23BrN2O3. The van der Waals surface area contributed by atoms with Gasteiger partial charge in [0.1, 0.15) is 12.1 Å². The van der Waals surface area contributed by atoms with Crippen LogP contribution in [0.2, 0.25) is 0 Å². The first-order valence-corrected chi connectivity index (χ1v) is 8.54. The molecular weight excluding hydrogens is 360 g/mol. The lowest BCUT2D eigenvalue weighted by atomic mass is 10.0. The maximum absolute atomic E-state index is 12.2. The van der Waals surface area contributed by atoms with Gasteiger partial charge in [-0.25, -0.2) is 4.79 Å². The molecule has 2 amide bonds. The Kier molecular flexibility index (Phi) is 5.34. The quantitative estimate of drug-likeness (QED) is 0.852. The molecule has 0 radical (unpaired) electrons. The molecule has 1 aromatic carbocycles. The average Bonchev–Trinajstić information content (AvgIpc) is 2.44. The smallest absolute Gasteiger partial charge is 0.410 e. The fraction of sp³-hybridized carbons (Fsp3) is 0.529. The minimum Gasteiger partial charge on any atom is -0.444 e. The Morgan fingerprint density at radius 1 is 1.39 bits per heavy atom. The van der Waals surface area contributed by atoms with Crippen molar-refractivity contribution in [2.24, 2.45) is 0 Å². The van der Waals surface area contributed by atoms with Crippen LogP contribution in [0.15, 0.2) is 22.7 Å². The van der Waals surface area contributed by atoms with Crippen molar-refractivity contribution in [3.05, 3.63) is 33.8 Å². The summed E-state index contributed by atoms with van der Waals surface area (Å²) in [6.07, 6.45) is 0.450. The van der Waals surface area contributed by atoms with Crippen molar-refractivity contribution >= 4 is 27.9 Å². The molecule has 1 aromatic rings. The van der Waals surface area contributed by atoms with Gasteiger partial charge >= 0.3 is 6.09 Å². The van der Waals surface area contributed by atoms with E-state index < -0.39 is 11.7 Å². The van der Waals surface area contributed by atoms with E-state index in [0.29, 0.717) is 6.54 Å². The van der Waals surface area contributed by atoms with Gasteiger partial charge in [0.25, 0.3) is 0 Å².